The number of nitrogens with zero attached hydrogens (tertiary/aromatic N) is 4. The van der Waals surface area contributed by atoms with Gasteiger partial charge in [-0.1, -0.05) is 19.9 Å². The lowest BCUT2D eigenvalue weighted by Gasteiger charge is -2.24. The SMILES string of the molecule is Cc1nc(CN2C[C@@H](NC(=O)N(C)C)[C@H](C(C)C)C2)c2ccccn12. The highest BCUT2D eigenvalue weighted by Crippen LogP contribution is 2.26. The summed E-state index contributed by atoms with van der Waals surface area (Å²) >= 11 is 0. The smallest absolute Gasteiger partial charge is 0.317 e. The van der Waals surface area contributed by atoms with E-state index in [4.69, 9.17) is 4.98 Å². The van der Waals surface area contributed by atoms with Gasteiger partial charge in [0, 0.05) is 46.0 Å². The van der Waals surface area contributed by atoms with E-state index in [1.165, 1.54) is 5.52 Å². The summed E-state index contributed by atoms with van der Waals surface area (Å²) in [5.74, 6) is 2.00. The van der Waals surface area contributed by atoms with Gasteiger partial charge < -0.3 is 14.6 Å². The van der Waals surface area contributed by atoms with Crippen LogP contribution in [0.25, 0.3) is 5.52 Å². The number of pyridine rings is 1. The van der Waals surface area contributed by atoms with Gasteiger partial charge in [0.1, 0.15) is 5.82 Å². The molecule has 0 aromatic carbocycles. The van der Waals surface area contributed by atoms with Crippen LogP contribution in [0.2, 0.25) is 0 Å². The number of hydrogen-bond donors (Lipinski definition) is 1. The highest BCUT2D eigenvalue weighted by atomic mass is 16.2. The van der Waals surface area contributed by atoms with Crippen LogP contribution in [-0.2, 0) is 6.54 Å². The minimum absolute atomic E-state index is 0.0132. The van der Waals surface area contributed by atoms with Crippen LogP contribution in [0.5, 0.6) is 0 Å². The van der Waals surface area contributed by atoms with Crippen molar-refractivity contribution in [3.05, 3.63) is 35.9 Å². The standard InChI is InChI=1S/C19H29N5O/c1-13(2)15-10-23(11-16(15)21-19(25)22(4)5)12-17-18-8-6-7-9-24(18)14(3)20-17/h6-9,13,15-16H,10-12H2,1-5H3,(H,21,25)/t15-,16+/m0/s1. The van der Waals surface area contributed by atoms with Crippen molar-refractivity contribution in [2.24, 2.45) is 11.8 Å². The summed E-state index contributed by atoms with van der Waals surface area (Å²) < 4.78 is 2.14. The molecule has 136 valence electrons. The summed E-state index contributed by atoms with van der Waals surface area (Å²) in [5.41, 5.74) is 2.28. The molecule has 1 aliphatic heterocycles. The zero-order valence-electron chi connectivity index (χ0n) is 15.9. The van der Waals surface area contributed by atoms with Crippen molar-refractivity contribution in [3.8, 4) is 0 Å². The maximum absolute atomic E-state index is 12.1. The zero-order valence-corrected chi connectivity index (χ0v) is 15.9. The minimum atomic E-state index is -0.0132. The highest BCUT2D eigenvalue weighted by molar-refractivity contribution is 5.74. The van der Waals surface area contributed by atoms with E-state index in [1.807, 2.05) is 13.0 Å². The average molecular weight is 343 g/mol. The van der Waals surface area contributed by atoms with Crippen LogP contribution >= 0.6 is 0 Å². The zero-order chi connectivity index (χ0) is 18.1. The fourth-order valence-corrected chi connectivity index (χ4v) is 3.75. The van der Waals surface area contributed by atoms with E-state index in [0.717, 1.165) is 31.2 Å². The predicted molar refractivity (Wildman–Crippen MR) is 99.5 cm³/mol. The summed E-state index contributed by atoms with van der Waals surface area (Å²) in [6, 6.07) is 6.38. The van der Waals surface area contributed by atoms with E-state index in [1.54, 1.807) is 19.0 Å². The second-order valence-electron chi connectivity index (χ2n) is 7.61. The Morgan fingerprint density at radius 1 is 1.36 bits per heavy atom. The predicted octanol–water partition coefficient (Wildman–Crippen LogP) is 2.37. The maximum Gasteiger partial charge on any atom is 0.317 e. The number of hydrogen-bond acceptors (Lipinski definition) is 3. The van der Waals surface area contributed by atoms with Crippen molar-refractivity contribution < 1.29 is 4.79 Å². The van der Waals surface area contributed by atoms with Gasteiger partial charge in [0.2, 0.25) is 0 Å². The maximum atomic E-state index is 12.1. The minimum Gasteiger partial charge on any atom is -0.334 e. The van der Waals surface area contributed by atoms with Gasteiger partial charge in [-0.25, -0.2) is 9.78 Å². The van der Waals surface area contributed by atoms with Crippen molar-refractivity contribution in [1.82, 2.24) is 24.5 Å². The van der Waals surface area contributed by atoms with E-state index in [9.17, 15) is 4.79 Å². The molecular formula is C19H29N5O. The summed E-state index contributed by atoms with van der Waals surface area (Å²) in [6.45, 7) is 9.18. The van der Waals surface area contributed by atoms with E-state index >= 15 is 0 Å². The highest BCUT2D eigenvalue weighted by Gasteiger charge is 2.36. The fourth-order valence-electron chi connectivity index (χ4n) is 3.75. The van der Waals surface area contributed by atoms with Crippen molar-refractivity contribution in [2.45, 2.75) is 33.4 Å². The summed E-state index contributed by atoms with van der Waals surface area (Å²) in [5, 5.41) is 3.19. The van der Waals surface area contributed by atoms with Crippen LogP contribution in [0.4, 0.5) is 4.79 Å². The Bertz CT molecular complexity index is 751. The number of aromatic nitrogens is 2. The van der Waals surface area contributed by atoms with E-state index < -0.39 is 0 Å². The normalized spacial score (nSPS) is 21.2. The number of imidazole rings is 1. The molecule has 0 aliphatic carbocycles. The van der Waals surface area contributed by atoms with Crippen LogP contribution < -0.4 is 5.32 Å². The number of amides is 2. The van der Waals surface area contributed by atoms with Crippen LogP contribution in [-0.4, -0.2) is 58.4 Å². The fraction of sp³-hybridized carbons (Fsp3) is 0.579. The Hall–Kier alpha value is -2.08. The number of fused-ring (bicyclic) bond motifs is 1. The summed E-state index contributed by atoms with van der Waals surface area (Å²) in [4.78, 5) is 20.9. The second kappa shape index (κ2) is 7.04. The first-order valence-corrected chi connectivity index (χ1v) is 8.99. The molecule has 0 spiro atoms. The lowest BCUT2D eigenvalue weighted by atomic mass is 9.91. The van der Waals surface area contributed by atoms with Crippen molar-refractivity contribution >= 4 is 11.5 Å². The Kier molecular flexibility index (Phi) is 4.99. The van der Waals surface area contributed by atoms with E-state index in [2.05, 4.69) is 46.8 Å². The number of urea groups is 1. The molecule has 0 bridgehead atoms. The number of carbonyl (C=O) groups is 1. The molecular weight excluding hydrogens is 314 g/mol. The van der Waals surface area contributed by atoms with Gasteiger partial charge in [0.05, 0.1) is 11.2 Å². The van der Waals surface area contributed by atoms with Crippen molar-refractivity contribution in [1.29, 1.82) is 0 Å². The van der Waals surface area contributed by atoms with Gasteiger partial charge in [-0.15, -0.1) is 0 Å². The van der Waals surface area contributed by atoms with E-state index in [-0.39, 0.29) is 12.1 Å². The molecule has 0 saturated carbocycles. The van der Waals surface area contributed by atoms with Crippen molar-refractivity contribution in [3.63, 3.8) is 0 Å². The Balaban J connectivity index is 1.76. The third-order valence-corrected chi connectivity index (χ3v) is 5.19. The number of aryl methyl sites for hydroxylation is 1. The number of rotatable bonds is 4. The largest absolute Gasteiger partial charge is 0.334 e. The van der Waals surface area contributed by atoms with Gasteiger partial charge in [-0.05, 0) is 30.9 Å². The third-order valence-electron chi connectivity index (χ3n) is 5.19. The van der Waals surface area contributed by atoms with Gasteiger partial charge in [-0.3, -0.25) is 4.90 Å². The molecule has 2 amide bonds. The Morgan fingerprint density at radius 3 is 2.80 bits per heavy atom. The molecule has 0 radical (unpaired) electrons. The lowest BCUT2D eigenvalue weighted by molar-refractivity contribution is 0.207. The number of likely N-dealkylation sites (tertiary alicyclic amines) is 1. The van der Waals surface area contributed by atoms with Crippen LogP contribution in [0, 0.1) is 18.8 Å². The molecule has 2 aromatic heterocycles. The number of carbonyl (C=O) groups excluding carboxylic acids is 1. The molecule has 0 unspecified atom stereocenters. The molecule has 3 rings (SSSR count). The van der Waals surface area contributed by atoms with Crippen molar-refractivity contribution in [2.75, 3.05) is 27.2 Å². The van der Waals surface area contributed by atoms with Gasteiger partial charge in [0.15, 0.2) is 0 Å². The molecule has 25 heavy (non-hydrogen) atoms. The Labute approximate surface area is 149 Å². The first kappa shape index (κ1) is 17.7. The van der Waals surface area contributed by atoms with E-state index in [0.29, 0.717) is 11.8 Å². The van der Waals surface area contributed by atoms with Gasteiger partial charge >= 0.3 is 6.03 Å². The van der Waals surface area contributed by atoms with Crippen LogP contribution in [0.15, 0.2) is 24.4 Å². The van der Waals surface area contributed by atoms with Gasteiger partial charge in [-0.2, -0.15) is 0 Å². The molecule has 3 heterocycles. The number of nitrogens with one attached hydrogen (secondary N) is 1. The monoisotopic (exact) mass is 343 g/mol. The first-order valence-electron chi connectivity index (χ1n) is 8.99. The molecule has 1 saturated heterocycles. The molecule has 6 heteroatoms. The van der Waals surface area contributed by atoms with Crippen LogP contribution in [0.3, 0.4) is 0 Å². The third kappa shape index (κ3) is 3.63. The second-order valence-corrected chi connectivity index (χ2v) is 7.61. The van der Waals surface area contributed by atoms with Gasteiger partial charge in [0.25, 0.3) is 0 Å². The quantitative estimate of drug-likeness (QED) is 0.927. The topological polar surface area (TPSA) is 52.9 Å². The average Bonchev–Trinajstić information content (AvgIpc) is 3.10. The lowest BCUT2D eigenvalue weighted by Crippen LogP contribution is -2.46. The molecule has 2 atom stereocenters. The molecule has 1 fully saturated rings. The molecule has 1 N–H and O–H groups in total. The summed E-state index contributed by atoms with van der Waals surface area (Å²) in [7, 11) is 3.57. The summed E-state index contributed by atoms with van der Waals surface area (Å²) in [6.07, 6.45) is 2.06. The molecule has 1 aliphatic rings. The first-order chi connectivity index (χ1) is 11.9. The Morgan fingerprint density at radius 2 is 2.12 bits per heavy atom. The molecule has 6 nitrogen and oxygen atoms in total. The molecule has 2 aromatic rings. The van der Waals surface area contributed by atoms with Crippen LogP contribution in [0.1, 0.15) is 25.4 Å².